The van der Waals surface area contributed by atoms with Crippen LogP contribution in [0.5, 0.6) is 0 Å². The molecular weight excluding hydrogens is 236 g/mol. The Bertz CT molecular complexity index is 615. The van der Waals surface area contributed by atoms with Gasteiger partial charge in [0.2, 0.25) is 11.7 Å². The third-order valence-electron chi connectivity index (χ3n) is 2.34. The van der Waals surface area contributed by atoms with E-state index in [0.29, 0.717) is 13.1 Å². The van der Waals surface area contributed by atoms with Gasteiger partial charge in [0, 0.05) is 18.8 Å². The van der Waals surface area contributed by atoms with Crippen LogP contribution in [0.2, 0.25) is 0 Å². The Morgan fingerprint density at radius 1 is 1.44 bits per heavy atom. The minimum Gasteiger partial charge on any atom is -0.409 e. The average Bonchev–Trinajstić information content (AvgIpc) is 2.86. The van der Waals surface area contributed by atoms with E-state index in [-0.39, 0.29) is 17.2 Å². The van der Waals surface area contributed by atoms with Gasteiger partial charge in [-0.05, 0) is 6.07 Å². The Balaban J connectivity index is 2.05. The molecule has 8 nitrogen and oxygen atoms in total. The van der Waals surface area contributed by atoms with Crippen molar-refractivity contribution < 1.29 is 5.21 Å². The fourth-order valence-electron chi connectivity index (χ4n) is 1.42. The molecule has 0 amide bonds. The second-order valence-corrected chi connectivity index (χ2v) is 3.55. The molecule has 94 valence electrons. The summed E-state index contributed by atoms with van der Waals surface area (Å²) in [5.41, 5.74) is 5.27. The van der Waals surface area contributed by atoms with Crippen molar-refractivity contribution in [1.29, 1.82) is 0 Å². The molecule has 0 aromatic carbocycles. The molecule has 2 aromatic rings. The highest BCUT2D eigenvalue weighted by Gasteiger charge is 2.05. The van der Waals surface area contributed by atoms with Crippen molar-refractivity contribution in [2.75, 3.05) is 0 Å². The Morgan fingerprint density at radius 2 is 2.28 bits per heavy atom. The molecule has 0 radical (unpaired) electrons. The summed E-state index contributed by atoms with van der Waals surface area (Å²) >= 11 is 0. The molecule has 8 heteroatoms. The second-order valence-electron chi connectivity index (χ2n) is 3.55. The predicted molar refractivity (Wildman–Crippen MR) is 63.2 cm³/mol. The fraction of sp³-hybridized carbons (Fsp3) is 0.200. The molecule has 3 N–H and O–H groups in total. The van der Waals surface area contributed by atoms with Crippen LogP contribution in [0, 0.1) is 0 Å². The monoisotopic (exact) mass is 248 g/mol. The van der Waals surface area contributed by atoms with E-state index < -0.39 is 0 Å². The van der Waals surface area contributed by atoms with E-state index in [0.717, 1.165) is 0 Å². The molecule has 0 saturated carbocycles. The number of oxime groups is 1. The van der Waals surface area contributed by atoms with Crippen LogP contribution < -0.4 is 11.3 Å². The lowest BCUT2D eigenvalue weighted by Gasteiger charge is -2.04. The van der Waals surface area contributed by atoms with Crippen molar-refractivity contribution in [3.05, 3.63) is 46.9 Å². The van der Waals surface area contributed by atoms with Gasteiger partial charge < -0.3 is 15.5 Å². The molecule has 0 saturated heterocycles. The summed E-state index contributed by atoms with van der Waals surface area (Å²) < 4.78 is 3.08. The SMILES string of the molecule is N/C(=N/O)c1ncn(CCn2ccccc2=O)n1. The molecule has 0 bridgehead atoms. The number of pyridine rings is 1. The van der Waals surface area contributed by atoms with E-state index in [9.17, 15) is 4.79 Å². The number of nitrogens with two attached hydrogens (primary N) is 1. The van der Waals surface area contributed by atoms with Gasteiger partial charge in [0.15, 0.2) is 0 Å². The summed E-state index contributed by atoms with van der Waals surface area (Å²) in [5, 5.41) is 15.3. The van der Waals surface area contributed by atoms with E-state index in [1.54, 1.807) is 22.9 Å². The quantitative estimate of drug-likeness (QED) is 0.319. The number of aromatic nitrogens is 4. The maximum Gasteiger partial charge on any atom is 0.250 e. The van der Waals surface area contributed by atoms with Crippen LogP contribution >= 0.6 is 0 Å². The van der Waals surface area contributed by atoms with Crippen molar-refractivity contribution in [3.63, 3.8) is 0 Å². The van der Waals surface area contributed by atoms with Crippen molar-refractivity contribution in [2.45, 2.75) is 13.1 Å². The zero-order valence-corrected chi connectivity index (χ0v) is 9.47. The van der Waals surface area contributed by atoms with Crippen LogP contribution in [0.3, 0.4) is 0 Å². The summed E-state index contributed by atoms with van der Waals surface area (Å²) in [6, 6.07) is 4.96. The zero-order chi connectivity index (χ0) is 13.0. The highest BCUT2D eigenvalue weighted by atomic mass is 16.4. The summed E-state index contributed by atoms with van der Waals surface area (Å²) in [6.45, 7) is 0.939. The highest BCUT2D eigenvalue weighted by molar-refractivity contribution is 5.93. The average molecular weight is 248 g/mol. The lowest BCUT2D eigenvalue weighted by atomic mass is 10.4. The first-order valence-corrected chi connectivity index (χ1v) is 5.23. The Hall–Kier alpha value is -2.64. The molecule has 2 heterocycles. The van der Waals surface area contributed by atoms with Gasteiger partial charge >= 0.3 is 0 Å². The maximum absolute atomic E-state index is 11.4. The molecule has 0 aliphatic heterocycles. The zero-order valence-electron chi connectivity index (χ0n) is 9.47. The molecule has 0 spiro atoms. The van der Waals surface area contributed by atoms with Gasteiger partial charge in [-0.1, -0.05) is 11.2 Å². The standard InChI is InChI=1S/C10H12N6O2/c11-9(14-18)10-12-7-16(13-10)6-5-15-4-2-1-3-8(15)17/h1-4,7,18H,5-6H2,(H2,11,14). The van der Waals surface area contributed by atoms with Gasteiger partial charge in [-0.15, -0.1) is 5.10 Å². The first kappa shape index (κ1) is 11.8. The van der Waals surface area contributed by atoms with Gasteiger partial charge in [-0.25, -0.2) is 4.98 Å². The van der Waals surface area contributed by atoms with E-state index in [4.69, 9.17) is 10.9 Å². The molecular formula is C10H12N6O2. The number of aryl methyl sites for hydroxylation is 2. The van der Waals surface area contributed by atoms with Gasteiger partial charge in [0.05, 0.1) is 6.54 Å². The van der Waals surface area contributed by atoms with Crippen molar-refractivity contribution >= 4 is 5.84 Å². The molecule has 0 atom stereocenters. The molecule has 18 heavy (non-hydrogen) atoms. The Morgan fingerprint density at radius 3 is 3.00 bits per heavy atom. The van der Waals surface area contributed by atoms with E-state index in [1.807, 2.05) is 0 Å². The normalized spacial score (nSPS) is 11.7. The Kier molecular flexibility index (Phi) is 3.37. The molecule has 2 rings (SSSR count). The van der Waals surface area contributed by atoms with Gasteiger partial charge in [0.25, 0.3) is 5.56 Å². The number of rotatable bonds is 4. The van der Waals surface area contributed by atoms with Gasteiger partial charge in [0.1, 0.15) is 6.33 Å². The minimum absolute atomic E-state index is 0.0747. The number of nitrogens with zero attached hydrogens (tertiary/aromatic N) is 5. The first-order valence-electron chi connectivity index (χ1n) is 5.23. The van der Waals surface area contributed by atoms with Crippen molar-refractivity contribution in [1.82, 2.24) is 19.3 Å². The third kappa shape index (κ3) is 2.54. The summed E-state index contributed by atoms with van der Waals surface area (Å²) in [6.07, 6.45) is 3.16. The van der Waals surface area contributed by atoms with Crippen LogP contribution in [0.15, 0.2) is 40.7 Å². The number of hydrogen-bond acceptors (Lipinski definition) is 5. The summed E-state index contributed by atoms with van der Waals surface area (Å²) in [4.78, 5) is 15.3. The fourth-order valence-corrected chi connectivity index (χ4v) is 1.42. The summed E-state index contributed by atoms with van der Waals surface area (Å²) in [7, 11) is 0. The summed E-state index contributed by atoms with van der Waals surface area (Å²) in [5.74, 6) is 0.00327. The smallest absolute Gasteiger partial charge is 0.250 e. The molecule has 0 aliphatic carbocycles. The number of hydrogen-bond donors (Lipinski definition) is 2. The molecule has 0 aliphatic rings. The van der Waals surface area contributed by atoms with Crippen LogP contribution in [0.25, 0.3) is 0 Å². The largest absolute Gasteiger partial charge is 0.409 e. The van der Waals surface area contributed by atoms with E-state index in [1.165, 1.54) is 17.1 Å². The maximum atomic E-state index is 11.4. The lowest BCUT2D eigenvalue weighted by molar-refractivity contribution is 0.318. The van der Waals surface area contributed by atoms with Gasteiger partial charge in [-0.2, -0.15) is 0 Å². The molecule has 2 aromatic heterocycles. The van der Waals surface area contributed by atoms with Crippen LogP contribution in [-0.4, -0.2) is 30.4 Å². The molecule has 0 fully saturated rings. The Labute approximate surface area is 102 Å². The lowest BCUT2D eigenvalue weighted by Crippen LogP contribution is -2.21. The predicted octanol–water partition coefficient (Wildman–Crippen LogP) is -0.766. The van der Waals surface area contributed by atoms with Gasteiger partial charge in [-0.3, -0.25) is 9.48 Å². The minimum atomic E-state index is -0.148. The third-order valence-corrected chi connectivity index (χ3v) is 2.34. The van der Waals surface area contributed by atoms with E-state index >= 15 is 0 Å². The first-order chi connectivity index (χ1) is 8.70. The van der Waals surface area contributed by atoms with E-state index in [2.05, 4.69) is 15.2 Å². The number of amidine groups is 1. The van der Waals surface area contributed by atoms with Crippen LogP contribution in [0.4, 0.5) is 0 Å². The molecule has 0 unspecified atom stereocenters. The highest BCUT2D eigenvalue weighted by Crippen LogP contribution is 1.91. The van der Waals surface area contributed by atoms with Crippen LogP contribution in [0.1, 0.15) is 5.82 Å². The van der Waals surface area contributed by atoms with Crippen molar-refractivity contribution in [2.24, 2.45) is 10.9 Å². The second kappa shape index (κ2) is 5.13. The van der Waals surface area contributed by atoms with Crippen molar-refractivity contribution in [3.8, 4) is 0 Å². The van der Waals surface area contributed by atoms with Crippen LogP contribution in [-0.2, 0) is 13.1 Å². The topological polar surface area (TPSA) is 111 Å².